The third-order valence-electron chi connectivity index (χ3n) is 5.41. The smallest absolute Gasteiger partial charge is 0.221 e. The standard InChI is InChI=1S/C23H23Cl2NO3/c1-12-6-13(2)21(14(3)7-12)22-19(27)8-16(23(22)29)9-20(28)26-11-15-4-5-17(24)10-18(15)25/h4-7,10,16,22H,8-9,11H2,1-3H3,(H,26,28). The van der Waals surface area contributed by atoms with Crippen molar-refractivity contribution in [3.05, 3.63) is 68.2 Å². The Kier molecular flexibility index (Phi) is 6.45. The maximum absolute atomic E-state index is 13.0. The normalized spacial score (nSPS) is 18.9. The van der Waals surface area contributed by atoms with Gasteiger partial charge in [0.05, 0.1) is 0 Å². The van der Waals surface area contributed by atoms with Crippen LogP contribution in [-0.2, 0) is 20.9 Å². The number of hydrogen-bond donors (Lipinski definition) is 1. The number of carbonyl (C=O) groups excluding carboxylic acids is 3. The Labute approximate surface area is 180 Å². The van der Waals surface area contributed by atoms with Gasteiger partial charge in [-0.1, -0.05) is 47.0 Å². The first-order valence-electron chi connectivity index (χ1n) is 9.52. The molecule has 0 spiro atoms. The van der Waals surface area contributed by atoms with E-state index >= 15 is 0 Å². The van der Waals surface area contributed by atoms with Crippen molar-refractivity contribution >= 4 is 40.7 Å². The second-order valence-electron chi connectivity index (χ2n) is 7.73. The second-order valence-corrected chi connectivity index (χ2v) is 8.58. The molecule has 1 aliphatic carbocycles. The molecular formula is C23H23Cl2NO3. The molecule has 1 N–H and O–H groups in total. The van der Waals surface area contributed by atoms with E-state index in [2.05, 4.69) is 5.32 Å². The molecule has 0 saturated heterocycles. The summed E-state index contributed by atoms with van der Waals surface area (Å²) in [5.41, 5.74) is 4.51. The minimum Gasteiger partial charge on any atom is -0.352 e. The number of hydrogen-bond acceptors (Lipinski definition) is 3. The van der Waals surface area contributed by atoms with Crippen LogP contribution in [0.5, 0.6) is 0 Å². The van der Waals surface area contributed by atoms with Gasteiger partial charge in [0.1, 0.15) is 11.7 Å². The van der Waals surface area contributed by atoms with Crippen LogP contribution in [0.3, 0.4) is 0 Å². The zero-order valence-corrected chi connectivity index (χ0v) is 18.2. The Morgan fingerprint density at radius 1 is 1.07 bits per heavy atom. The van der Waals surface area contributed by atoms with Gasteiger partial charge in [0.2, 0.25) is 5.91 Å². The van der Waals surface area contributed by atoms with Crippen molar-refractivity contribution < 1.29 is 14.4 Å². The van der Waals surface area contributed by atoms with Gasteiger partial charge in [-0.3, -0.25) is 14.4 Å². The highest BCUT2D eigenvalue weighted by Gasteiger charge is 2.43. The molecule has 1 aliphatic rings. The van der Waals surface area contributed by atoms with E-state index < -0.39 is 11.8 Å². The second kappa shape index (κ2) is 8.68. The molecule has 152 valence electrons. The van der Waals surface area contributed by atoms with E-state index in [1.807, 2.05) is 32.9 Å². The summed E-state index contributed by atoms with van der Waals surface area (Å²) in [5.74, 6) is -1.90. The first-order valence-corrected chi connectivity index (χ1v) is 10.3. The molecule has 2 aromatic rings. The van der Waals surface area contributed by atoms with Crippen LogP contribution in [0.4, 0.5) is 0 Å². The molecule has 6 heteroatoms. The molecule has 0 aromatic heterocycles. The Bertz CT molecular complexity index is 977. The van der Waals surface area contributed by atoms with Gasteiger partial charge in [-0.15, -0.1) is 0 Å². The summed E-state index contributed by atoms with van der Waals surface area (Å²) < 4.78 is 0. The van der Waals surface area contributed by atoms with Crippen molar-refractivity contribution in [2.45, 2.75) is 46.1 Å². The molecule has 1 saturated carbocycles. The first kappa shape index (κ1) is 21.5. The average molecular weight is 432 g/mol. The molecule has 2 atom stereocenters. The van der Waals surface area contributed by atoms with E-state index in [-0.39, 0.29) is 36.9 Å². The minimum atomic E-state index is -0.765. The third kappa shape index (κ3) is 4.71. The lowest BCUT2D eigenvalue weighted by Crippen LogP contribution is -2.27. The third-order valence-corrected chi connectivity index (χ3v) is 5.99. The molecule has 0 radical (unpaired) electrons. The molecular weight excluding hydrogens is 409 g/mol. The van der Waals surface area contributed by atoms with E-state index in [1.54, 1.807) is 18.2 Å². The van der Waals surface area contributed by atoms with E-state index in [0.29, 0.717) is 10.0 Å². The summed E-state index contributed by atoms with van der Waals surface area (Å²) in [4.78, 5) is 38.0. The molecule has 0 bridgehead atoms. The highest BCUT2D eigenvalue weighted by molar-refractivity contribution is 6.35. The molecule has 29 heavy (non-hydrogen) atoms. The number of rotatable bonds is 5. The molecule has 1 amide bonds. The van der Waals surface area contributed by atoms with Crippen LogP contribution in [0.2, 0.25) is 10.0 Å². The number of carbonyl (C=O) groups is 3. The van der Waals surface area contributed by atoms with Gasteiger partial charge in [-0.25, -0.2) is 0 Å². The Morgan fingerprint density at radius 2 is 1.72 bits per heavy atom. The molecule has 4 nitrogen and oxygen atoms in total. The topological polar surface area (TPSA) is 63.2 Å². The Hall–Kier alpha value is -2.17. The summed E-state index contributed by atoms with van der Waals surface area (Å²) in [6, 6.07) is 9.03. The van der Waals surface area contributed by atoms with Crippen molar-refractivity contribution in [2.24, 2.45) is 5.92 Å². The number of ketones is 2. The molecule has 1 fully saturated rings. The van der Waals surface area contributed by atoms with Crippen LogP contribution in [0, 0.1) is 26.7 Å². The van der Waals surface area contributed by atoms with Crippen LogP contribution in [-0.4, -0.2) is 17.5 Å². The minimum absolute atomic E-state index is 0.00373. The van der Waals surface area contributed by atoms with Crippen molar-refractivity contribution in [1.82, 2.24) is 5.32 Å². The van der Waals surface area contributed by atoms with Crippen molar-refractivity contribution in [3.8, 4) is 0 Å². The fourth-order valence-electron chi connectivity index (χ4n) is 4.13. The lowest BCUT2D eigenvalue weighted by Gasteiger charge is -2.16. The predicted octanol–water partition coefficient (Wildman–Crippen LogP) is 4.87. The SMILES string of the molecule is Cc1cc(C)c(C2C(=O)CC(CC(=O)NCc3ccc(Cl)cc3Cl)C2=O)c(C)c1. The van der Waals surface area contributed by atoms with Crippen LogP contribution >= 0.6 is 23.2 Å². The molecule has 0 aliphatic heterocycles. The number of halogens is 2. The summed E-state index contributed by atoms with van der Waals surface area (Å²) >= 11 is 12.0. The maximum Gasteiger partial charge on any atom is 0.221 e. The van der Waals surface area contributed by atoms with Crippen molar-refractivity contribution in [2.75, 3.05) is 0 Å². The number of amides is 1. The quantitative estimate of drug-likeness (QED) is 0.686. The number of aryl methyl sites for hydroxylation is 3. The van der Waals surface area contributed by atoms with Crippen LogP contribution in [0.25, 0.3) is 0 Å². The van der Waals surface area contributed by atoms with E-state index in [0.717, 1.165) is 27.8 Å². The van der Waals surface area contributed by atoms with Gasteiger partial charge >= 0.3 is 0 Å². The average Bonchev–Trinajstić information content (AvgIpc) is 2.88. The van der Waals surface area contributed by atoms with E-state index in [9.17, 15) is 14.4 Å². The molecule has 0 heterocycles. The fraction of sp³-hybridized carbons (Fsp3) is 0.348. The zero-order valence-electron chi connectivity index (χ0n) is 16.6. The van der Waals surface area contributed by atoms with Gasteiger partial charge < -0.3 is 5.32 Å². The van der Waals surface area contributed by atoms with Crippen LogP contribution in [0.1, 0.15) is 46.6 Å². The summed E-state index contributed by atoms with van der Waals surface area (Å²) in [6.07, 6.45) is 0.0988. The van der Waals surface area contributed by atoms with Gasteiger partial charge in [0, 0.05) is 35.3 Å². The zero-order chi connectivity index (χ0) is 21.3. The Morgan fingerprint density at radius 3 is 2.34 bits per heavy atom. The monoisotopic (exact) mass is 431 g/mol. The van der Waals surface area contributed by atoms with Gasteiger partial charge in [-0.05, 0) is 55.2 Å². The highest BCUT2D eigenvalue weighted by atomic mass is 35.5. The first-order chi connectivity index (χ1) is 13.7. The van der Waals surface area contributed by atoms with Crippen molar-refractivity contribution in [3.63, 3.8) is 0 Å². The maximum atomic E-state index is 13.0. The summed E-state index contributed by atoms with van der Waals surface area (Å²) in [7, 11) is 0. The highest BCUT2D eigenvalue weighted by Crippen LogP contribution is 2.37. The largest absolute Gasteiger partial charge is 0.352 e. The summed E-state index contributed by atoms with van der Waals surface area (Å²) in [5, 5.41) is 3.77. The van der Waals surface area contributed by atoms with Gasteiger partial charge in [-0.2, -0.15) is 0 Å². The lowest BCUT2D eigenvalue weighted by atomic mass is 9.86. The fourth-order valence-corrected chi connectivity index (χ4v) is 4.61. The molecule has 2 unspecified atom stereocenters. The summed E-state index contributed by atoms with van der Waals surface area (Å²) in [6.45, 7) is 6.07. The lowest BCUT2D eigenvalue weighted by molar-refractivity contribution is -0.128. The molecule has 3 rings (SSSR count). The Balaban J connectivity index is 1.68. The number of Topliss-reactive ketones (excluding diaryl/α,β-unsaturated/α-hetero) is 2. The van der Waals surface area contributed by atoms with Crippen molar-refractivity contribution in [1.29, 1.82) is 0 Å². The number of benzene rings is 2. The van der Waals surface area contributed by atoms with Crippen LogP contribution in [0.15, 0.2) is 30.3 Å². The van der Waals surface area contributed by atoms with Gasteiger partial charge in [0.15, 0.2) is 5.78 Å². The van der Waals surface area contributed by atoms with Crippen LogP contribution < -0.4 is 5.32 Å². The van der Waals surface area contributed by atoms with Gasteiger partial charge in [0.25, 0.3) is 0 Å². The van der Waals surface area contributed by atoms with E-state index in [1.165, 1.54) is 0 Å². The predicted molar refractivity (Wildman–Crippen MR) is 114 cm³/mol. The molecule has 2 aromatic carbocycles. The van der Waals surface area contributed by atoms with E-state index in [4.69, 9.17) is 23.2 Å². The number of nitrogens with one attached hydrogen (secondary N) is 1.